The minimum Gasteiger partial charge on any atom is -0.504 e. The van der Waals surface area contributed by atoms with Gasteiger partial charge in [0.05, 0.1) is 12.6 Å². The van der Waals surface area contributed by atoms with Crippen LogP contribution in [0.15, 0.2) is 42.5 Å². The Labute approximate surface area is 124 Å². The van der Waals surface area contributed by atoms with Crippen molar-refractivity contribution in [1.29, 1.82) is 0 Å². The number of benzene rings is 2. The van der Waals surface area contributed by atoms with Crippen molar-refractivity contribution >= 4 is 0 Å². The van der Waals surface area contributed by atoms with Gasteiger partial charge in [0, 0.05) is 17.7 Å². The number of rotatable bonds is 5. The van der Waals surface area contributed by atoms with Gasteiger partial charge in [0.2, 0.25) is 0 Å². The minimum atomic E-state index is 0.149. The second-order valence-electron chi connectivity index (χ2n) is 4.98. The maximum atomic E-state index is 10.2. The highest BCUT2D eigenvalue weighted by Gasteiger charge is 2.23. The van der Waals surface area contributed by atoms with Crippen molar-refractivity contribution in [1.82, 2.24) is 5.32 Å². The summed E-state index contributed by atoms with van der Waals surface area (Å²) in [6.07, 6.45) is 0. The summed E-state index contributed by atoms with van der Waals surface area (Å²) in [7, 11) is 0. The Hall–Kier alpha value is -2.20. The molecule has 1 atom stereocenters. The van der Waals surface area contributed by atoms with E-state index in [4.69, 9.17) is 9.47 Å². The number of hydrogen-bond donors (Lipinski definition) is 2. The van der Waals surface area contributed by atoms with E-state index in [-0.39, 0.29) is 11.8 Å². The van der Waals surface area contributed by atoms with Crippen LogP contribution in [-0.2, 0) is 6.54 Å². The molecule has 2 aromatic rings. The Morgan fingerprint density at radius 2 is 2.10 bits per heavy atom. The summed E-state index contributed by atoms with van der Waals surface area (Å²) in [4.78, 5) is 0. The largest absolute Gasteiger partial charge is 0.504 e. The predicted molar refractivity (Wildman–Crippen MR) is 80.8 cm³/mol. The monoisotopic (exact) mass is 285 g/mol. The highest BCUT2D eigenvalue weighted by molar-refractivity contribution is 5.45. The Morgan fingerprint density at radius 1 is 1.24 bits per heavy atom. The molecule has 110 valence electrons. The van der Waals surface area contributed by atoms with E-state index in [0.29, 0.717) is 25.5 Å². The van der Waals surface area contributed by atoms with Gasteiger partial charge in [0.1, 0.15) is 12.4 Å². The van der Waals surface area contributed by atoms with Crippen molar-refractivity contribution in [3.05, 3.63) is 53.6 Å². The molecular weight excluding hydrogens is 266 g/mol. The first-order valence-electron chi connectivity index (χ1n) is 7.18. The topological polar surface area (TPSA) is 50.7 Å². The van der Waals surface area contributed by atoms with Crippen LogP contribution in [0.3, 0.4) is 0 Å². The highest BCUT2D eigenvalue weighted by Crippen LogP contribution is 2.33. The lowest BCUT2D eigenvalue weighted by Crippen LogP contribution is -2.22. The van der Waals surface area contributed by atoms with E-state index in [9.17, 15) is 5.11 Å². The second-order valence-corrected chi connectivity index (χ2v) is 4.98. The number of fused-ring (bicyclic) bond motifs is 1. The van der Waals surface area contributed by atoms with Crippen LogP contribution < -0.4 is 14.8 Å². The molecule has 1 aliphatic heterocycles. The van der Waals surface area contributed by atoms with Gasteiger partial charge in [0.15, 0.2) is 11.5 Å². The molecule has 4 heteroatoms. The molecule has 3 rings (SSSR count). The molecule has 0 saturated carbocycles. The predicted octanol–water partition coefficient (Wildman–Crippen LogP) is 3.01. The molecule has 0 fully saturated rings. The van der Waals surface area contributed by atoms with E-state index in [1.165, 1.54) is 0 Å². The van der Waals surface area contributed by atoms with Gasteiger partial charge in [-0.15, -0.1) is 0 Å². The summed E-state index contributed by atoms with van der Waals surface area (Å²) < 4.78 is 11.0. The van der Waals surface area contributed by atoms with Crippen LogP contribution in [0.1, 0.15) is 24.1 Å². The van der Waals surface area contributed by atoms with E-state index in [1.807, 2.05) is 37.3 Å². The van der Waals surface area contributed by atoms with Crippen LogP contribution in [0.4, 0.5) is 0 Å². The maximum absolute atomic E-state index is 10.2. The van der Waals surface area contributed by atoms with Crippen LogP contribution in [0.2, 0.25) is 0 Å². The molecule has 0 saturated heterocycles. The van der Waals surface area contributed by atoms with Crippen molar-refractivity contribution < 1.29 is 14.6 Å². The number of hydrogen-bond acceptors (Lipinski definition) is 4. The Balaban J connectivity index is 1.70. The van der Waals surface area contributed by atoms with Gasteiger partial charge in [-0.05, 0) is 19.1 Å². The summed E-state index contributed by atoms with van der Waals surface area (Å²) in [5.41, 5.74) is 1.99. The lowest BCUT2D eigenvalue weighted by atomic mass is 10.1. The SMILES string of the molecule is CCOc1cccc(CNC2COc3ccccc32)c1O. The zero-order valence-electron chi connectivity index (χ0n) is 12.0. The summed E-state index contributed by atoms with van der Waals surface area (Å²) in [5.74, 6) is 1.67. The number of ether oxygens (including phenoxy) is 2. The lowest BCUT2D eigenvalue weighted by Gasteiger charge is -2.14. The van der Waals surface area contributed by atoms with Crippen molar-refractivity contribution in [2.75, 3.05) is 13.2 Å². The summed E-state index contributed by atoms with van der Waals surface area (Å²) in [5, 5.41) is 13.6. The molecule has 0 aliphatic carbocycles. The second kappa shape index (κ2) is 6.06. The number of phenolic OH excluding ortho intramolecular Hbond substituents is 1. The van der Waals surface area contributed by atoms with Crippen molar-refractivity contribution in [2.24, 2.45) is 0 Å². The van der Waals surface area contributed by atoms with Crippen molar-refractivity contribution in [3.63, 3.8) is 0 Å². The van der Waals surface area contributed by atoms with Crippen LogP contribution >= 0.6 is 0 Å². The van der Waals surface area contributed by atoms with Gasteiger partial charge >= 0.3 is 0 Å². The van der Waals surface area contributed by atoms with Crippen LogP contribution in [0, 0.1) is 0 Å². The number of nitrogens with one attached hydrogen (secondary N) is 1. The van der Waals surface area contributed by atoms with Gasteiger partial charge in [0.25, 0.3) is 0 Å². The average molecular weight is 285 g/mol. The smallest absolute Gasteiger partial charge is 0.162 e. The average Bonchev–Trinajstić information content (AvgIpc) is 2.92. The Bertz CT molecular complexity index is 627. The zero-order chi connectivity index (χ0) is 14.7. The number of aromatic hydroxyl groups is 1. The first kappa shape index (κ1) is 13.8. The van der Waals surface area contributed by atoms with Crippen molar-refractivity contribution in [2.45, 2.75) is 19.5 Å². The van der Waals surface area contributed by atoms with Gasteiger partial charge in [-0.2, -0.15) is 0 Å². The van der Waals surface area contributed by atoms with Gasteiger partial charge in [-0.25, -0.2) is 0 Å². The third-order valence-corrected chi connectivity index (χ3v) is 3.62. The standard InChI is InChI=1S/C17H19NO3/c1-2-20-16-9-5-6-12(17(16)19)10-18-14-11-21-15-8-4-3-7-13(14)15/h3-9,14,18-19H,2,10-11H2,1H3. The van der Waals surface area contributed by atoms with E-state index in [2.05, 4.69) is 11.4 Å². The lowest BCUT2D eigenvalue weighted by molar-refractivity contribution is 0.306. The molecule has 1 unspecified atom stereocenters. The molecule has 1 aliphatic rings. The fourth-order valence-corrected chi connectivity index (χ4v) is 2.55. The number of para-hydroxylation sites is 2. The molecule has 21 heavy (non-hydrogen) atoms. The van der Waals surface area contributed by atoms with E-state index >= 15 is 0 Å². The zero-order valence-corrected chi connectivity index (χ0v) is 12.0. The molecule has 0 amide bonds. The molecule has 1 heterocycles. The van der Waals surface area contributed by atoms with Crippen LogP contribution in [0.25, 0.3) is 0 Å². The first-order valence-corrected chi connectivity index (χ1v) is 7.18. The Kier molecular flexibility index (Phi) is 3.97. The molecule has 0 bridgehead atoms. The fourth-order valence-electron chi connectivity index (χ4n) is 2.55. The fraction of sp³-hybridized carbons (Fsp3) is 0.294. The van der Waals surface area contributed by atoms with Crippen LogP contribution in [0.5, 0.6) is 17.2 Å². The Morgan fingerprint density at radius 3 is 2.95 bits per heavy atom. The normalized spacial score (nSPS) is 16.3. The van der Waals surface area contributed by atoms with E-state index < -0.39 is 0 Å². The molecule has 2 N–H and O–H groups in total. The maximum Gasteiger partial charge on any atom is 0.162 e. The third-order valence-electron chi connectivity index (χ3n) is 3.62. The number of phenols is 1. The summed E-state index contributed by atoms with van der Waals surface area (Å²) >= 11 is 0. The van der Waals surface area contributed by atoms with E-state index in [0.717, 1.165) is 16.9 Å². The summed E-state index contributed by atoms with van der Waals surface area (Å²) in [6.45, 7) is 3.62. The quantitative estimate of drug-likeness (QED) is 0.886. The third kappa shape index (κ3) is 2.81. The van der Waals surface area contributed by atoms with Crippen molar-refractivity contribution in [3.8, 4) is 17.2 Å². The summed E-state index contributed by atoms with van der Waals surface area (Å²) in [6, 6.07) is 13.7. The first-order chi connectivity index (χ1) is 10.3. The van der Waals surface area contributed by atoms with Gasteiger partial charge < -0.3 is 19.9 Å². The molecular formula is C17H19NO3. The van der Waals surface area contributed by atoms with Gasteiger partial charge in [-0.1, -0.05) is 30.3 Å². The van der Waals surface area contributed by atoms with Crippen LogP contribution in [-0.4, -0.2) is 18.3 Å². The molecule has 2 aromatic carbocycles. The minimum absolute atomic E-state index is 0.149. The highest BCUT2D eigenvalue weighted by atomic mass is 16.5. The van der Waals surface area contributed by atoms with Gasteiger partial charge in [-0.3, -0.25) is 0 Å². The molecule has 0 aromatic heterocycles. The van der Waals surface area contributed by atoms with E-state index in [1.54, 1.807) is 6.07 Å². The molecule has 4 nitrogen and oxygen atoms in total. The molecule has 0 radical (unpaired) electrons. The molecule has 0 spiro atoms.